The molecule has 0 aliphatic carbocycles. The van der Waals surface area contributed by atoms with Gasteiger partial charge in [-0.25, -0.2) is 0 Å². The number of nitrogens with one attached hydrogen (secondary N) is 2. The van der Waals surface area contributed by atoms with Crippen LogP contribution in [0.25, 0.3) is 10.9 Å². The Morgan fingerprint density at radius 1 is 1.00 bits per heavy atom. The van der Waals surface area contributed by atoms with Crippen LogP contribution in [0.4, 0.5) is 0 Å². The number of allylic oxidation sites excluding steroid dienone is 2. The smallest absolute Gasteiger partial charge is 0.220 e. The van der Waals surface area contributed by atoms with E-state index >= 15 is 0 Å². The van der Waals surface area contributed by atoms with Gasteiger partial charge in [0.25, 0.3) is 0 Å². The Labute approximate surface area is 176 Å². The first-order valence-corrected chi connectivity index (χ1v) is 11.3. The molecular formula is C25H38N2O2. The molecule has 1 aromatic carbocycles. The third kappa shape index (κ3) is 9.80. The lowest BCUT2D eigenvalue weighted by Crippen LogP contribution is -2.25. The number of carbonyl (C=O) groups is 1. The minimum absolute atomic E-state index is 0.142. The van der Waals surface area contributed by atoms with E-state index in [0.29, 0.717) is 13.0 Å². The summed E-state index contributed by atoms with van der Waals surface area (Å²) in [5, 5.41) is 4.28. The summed E-state index contributed by atoms with van der Waals surface area (Å²) < 4.78 is 5.06. The first kappa shape index (κ1) is 23.2. The van der Waals surface area contributed by atoms with E-state index in [2.05, 4.69) is 40.7 Å². The maximum atomic E-state index is 12.0. The SMILES string of the molecule is COCCCCCCCCC/C=C/CCC(=O)NCCc1c[nH]c2ccccc12. The molecule has 2 aromatic rings. The van der Waals surface area contributed by atoms with E-state index in [1.807, 2.05) is 12.3 Å². The van der Waals surface area contributed by atoms with Gasteiger partial charge in [-0.2, -0.15) is 0 Å². The lowest BCUT2D eigenvalue weighted by Gasteiger charge is -2.04. The molecule has 1 aromatic heterocycles. The Kier molecular flexibility index (Phi) is 11.9. The van der Waals surface area contributed by atoms with Crippen molar-refractivity contribution in [3.05, 3.63) is 48.2 Å². The number of fused-ring (bicyclic) bond motifs is 1. The van der Waals surface area contributed by atoms with Gasteiger partial charge in [-0.15, -0.1) is 0 Å². The quantitative estimate of drug-likeness (QED) is 0.272. The second-order valence-corrected chi connectivity index (χ2v) is 7.73. The number of ether oxygens (including phenoxy) is 1. The number of methoxy groups -OCH3 is 1. The van der Waals surface area contributed by atoms with Crippen LogP contribution in [-0.4, -0.2) is 31.2 Å². The minimum Gasteiger partial charge on any atom is -0.385 e. The summed E-state index contributed by atoms with van der Waals surface area (Å²) in [5.41, 5.74) is 2.41. The number of carbonyl (C=O) groups excluding carboxylic acids is 1. The molecule has 0 aliphatic rings. The summed E-state index contributed by atoms with van der Waals surface area (Å²) >= 11 is 0. The predicted molar refractivity (Wildman–Crippen MR) is 122 cm³/mol. The highest BCUT2D eigenvalue weighted by molar-refractivity contribution is 5.83. The van der Waals surface area contributed by atoms with Crippen LogP contribution in [-0.2, 0) is 16.0 Å². The standard InChI is InChI=1S/C25H38N2O2/c1-29-20-14-10-8-6-4-2-3-5-7-9-11-17-25(28)26-19-18-22-21-27-24-16-13-12-15-23(22)24/h7,9,12-13,15-16,21,27H,2-6,8,10-11,14,17-20H2,1H3,(H,26,28)/b9-7+. The van der Waals surface area contributed by atoms with E-state index in [0.717, 1.165) is 31.4 Å². The summed E-state index contributed by atoms with van der Waals surface area (Å²) in [6.07, 6.45) is 18.9. The number of aromatic nitrogens is 1. The molecule has 1 heterocycles. The molecule has 0 unspecified atom stereocenters. The molecule has 0 bridgehead atoms. The van der Waals surface area contributed by atoms with Crippen LogP contribution in [0, 0.1) is 0 Å². The van der Waals surface area contributed by atoms with Crippen molar-refractivity contribution in [2.45, 2.75) is 70.6 Å². The molecule has 4 nitrogen and oxygen atoms in total. The average molecular weight is 399 g/mol. The molecule has 0 saturated heterocycles. The van der Waals surface area contributed by atoms with Crippen LogP contribution in [0.5, 0.6) is 0 Å². The van der Waals surface area contributed by atoms with E-state index in [1.54, 1.807) is 7.11 Å². The first-order chi connectivity index (χ1) is 14.3. The number of hydrogen-bond acceptors (Lipinski definition) is 2. The second-order valence-electron chi connectivity index (χ2n) is 7.73. The van der Waals surface area contributed by atoms with Gasteiger partial charge in [0.2, 0.25) is 5.91 Å². The fourth-order valence-electron chi connectivity index (χ4n) is 3.61. The molecule has 0 atom stereocenters. The number of benzene rings is 1. The Morgan fingerprint density at radius 2 is 1.72 bits per heavy atom. The van der Waals surface area contributed by atoms with E-state index in [4.69, 9.17) is 4.74 Å². The summed E-state index contributed by atoms with van der Waals surface area (Å²) in [5.74, 6) is 0.142. The largest absolute Gasteiger partial charge is 0.385 e. The molecule has 0 radical (unpaired) electrons. The van der Waals surface area contributed by atoms with Gasteiger partial charge in [-0.1, -0.05) is 62.5 Å². The van der Waals surface area contributed by atoms with Crippen molar-refractivity contribution >= 4 is 16.8 Å². The van der Waals surface area contributed by atoms with Crippen molar-refractivity contribution < 1.29 is 9.53 Å². The van der Waals surface area contributed by atoms with Gasteiger partial charge in [0, 0.05) is 43.8 Å². The maximum absolute atomic E-state index is 12.0. The molecule has 2 N–H and O–H groups in total. The van der Waals surface area contributed by atoms with E-state index in [9.17, 15) is 4.79 Å². The number of aromatic amines is 1. The first-order valence-electron chi connectivity index (χ1n) is 11.3. The van der Waals surface area contributed by atoms with Gasteiger partial charge in [-0.05, 0) is 43.7 Å². The monoisotopic (exact) mass is 398 g/mol. The topological polar surface area (TPSA) is 54.1 Å². The second kappa shape index (κ2) is 14.9. The van der Waals surface area contributed by atoms with Crippen LogP contribution in [0.15, 0.2) is 42.6 Å². The van der Waals surface area contributed by atoms with Crippen molar-refractivity contribution in [3.8, 4) is 0 Å². The van der Waals surface area contributed by atoms with E-state index in [-0.39, 0.29) is 5.91 Å². The molecule has 0 fully saturated rings. The number of amides is 1. The fourth-order valence-corrected chi connectivity index (χ4v) is 3.61. The van der Waals surface area contributed by atoms with Gasteiger partial charge in [0.1, 0.15) is 0 Å². The third-order valence-electron chi connectivity index (χ3n) is 5.32. The normalized spacial score (nSPS) is 11.5. The Morgan fingerprint density at radius 3 is 2.55 bits per heavy atom. The van der Waals surface area contributed by atoms with E-state index < -0.39 is 0 Å². The summed E-state index contributed by atoms with van der Waals surface area (Å²) in [6, 6.07) is 8.28. The minimum atomic E-state index is 0.142. The molecular weight excluding hydrogens is 360 g/mol. The van der Waals surface area contributed by atoms with Gasteiger partial charge in [0.05, 0.1) is 0 Å². The lowest BCUT2D eigenvalue weighted by molar-refractivity contribution is -0.120. The number of H-pyrrole nitrogens is 1. The zero-order valence-corrected chi connectivity index (χ0v) is 18.1. The average Bonchev–Trinajstić information content (AvgIpc) is 3.15. The van der Waals surface area contributed by atoms with Crippen LogP contribution in [0.2, 0.25) is 0 Å². The number of rotatable bonds is 16. The highest BCUT2D eigenvalue weighted by Gasteiger charge is 2.04. The van der Waals surface area contributed by atoms with Crippen molar-refractivity contribution in [1.82, 2.24) is 10.3 Å². The number of unbranched alkanes of at least 4 members (excludes halogenated alkanes) is 7. The maximum Gasteiger partial charge on any atom is 0.220 e. The van der Waals surface area contributed by atoms with Crippen LogP contribution in [0.3, 0.4) is 0 Å². The summed E-state index contributed by atoms with van der Waals surface area (Å²) in [6.45, 7) is 1.59. The molecule has 160 valence electrons. The van der Waals surface area contributed by atoms with Gasteiger partial charge in [0.15, 0.2) is 0 Å². The zero-order chi connectivity index (χ0) is 20.6. The van der Waals surface area contributed by atoms with Crippen molar-refractivity contribution in [2.24, 2.45) is 0 Å². The molecule has 4 heteroatoms. The molecule has 0 saturated carbocycles. The predicted octanol–water partition coefficient (Wildman–Crippen LogP) is 5.93. The van der Waals surface area contributed by atoms with Crippen molar-refractivity contribution in [3.63, 3.8) is 0 Å². The highest BCUT2D eigenvalue weighted by atomic mass is 16.5. The van der Waals surface area contributed by atoms with E-state index in [1.165, 1.54) is 55.9 Å². The highest BCUT2D eigenvalue weighted by Crippen LogP contribution is 2.17. The number of hydrogen-bond donors (Lipinski definition) is 2. The van der Waals surface area contributed by atoms with Crippen LogP contribution in [0.1, 0.15) is 69.8 Å². The van der Waals surface area contributed by atoms with Crippen molar-refractivity contribution in [2.75, 3.05) is 20.3 Å². The third-order valence-corrected chi connectivity index (χ3v) is 5.32. The van der Waals surface area contributed by atoms with Gasteiger partial charge >= 0.3 is 0 Å². The van der Waals surface area contributed by atoms with Crippen molar-refractivity contribution in [1.29, 1.82) is 0 Å². The zero-order valence-electron chi connectivity index (χ0n) is 18.1. The molecule has 0 aliphatic heterocycles. The molecule has 2 rings (SSSR count). The van der Waals surface area contributed by atoms with Gasteiger partial charge in [-0.3, -0.25) is 4.79 Å². The Bertz CT molecular complexity index is 720. The van der Waals surface area contributed by atoms with Crippen LogP contribution >= 0.6 is 0 Å². The lowest BCUT2D eigenvalue weighted by atomic mass is 10.1. The molecule has 0 spiro atoms. The van der Waals surface area contributed by atoms with Gasteiger partial charge < -0.3 is 15.0 Å². The Hall–Kier alpha value is -2.07. The molecule has 1 amide bonds. The summed E-state index contributed by atoms with van der Waals surface area (Å²) in [7, 11) is 1.77. The van der Waals surface area contributed by atoms with Crippen LogP contribution < -0.4 is 5.32 Å². The Balaban J connectivity index is 1.42. The number of para-hydroxylation sites is 1. The summed E-state index contributed by atoms with van der Waals surface area (Å²) in [4.78, 5) is 15.3. The fraction of sp³-hybridized carbons (Fsp3) is 0.560. The molecule has 29 heavy (non-hydrogen) atoms.